The number of hydrogen-bond acceptors (Lipinski definition) is 3. The van der Waals surface area contributed by atoms with E-state index in [0.717, 1.165) is 25.9 Å². The SMILES string of the molecule is CC(NC(=O)CC(C)C1CCNCC1)C(=O)NC(C)(C)C.Cl. The van der Waals surface area contributed by atoms with Crippen molar-refractivity contribution in [2.45, 2.75) is 65.5 Å². The lowest BCUT2D eigenvalue weighted by Gasteiger charge is -2.28. The molecule has 2 unspecified atom stereocenters. The smallest absolute Gasteiger partial charge is 0.242 e. The second-order valence-electron chi connectivity index (χ2n) is 7.30. The van der Waals surface area contributed by atoms with E-state index in [-0.39, 0.29) is 29.8 Å². The Bertz CT molecular complexity index is 363. The van der Waals surface area contributed by atoms with Crippen molar-refractivity contribution in [3.05, 3.63) is 0 Å². The first-order chi connectivity index (χ1) is 9.69. The van der Waals surface area contributed by atoms with E-state index >= 15 is 0 Å². The van der Waals surface area contributed by atoms with Crippen molar-refractivity contribution >= 4 is 24.2 Å². The fourth-order valence-corrected chi connectivity index (χ4v) is 2.72. The molecule has 0 saturated carbocycles. The molecule has 6 heteroatoms. The van der Waals surface area contributed by atoms with Gasteiger partial charge in [0.1, 0.15) is 6.04 Å². The minimum atomic E-state index is -0.489. The highest BCUT2D eigenvalue weighted by molar-refractivity contribution is 5.87. The molecule has 0 bridgehead atoms. The van der Waals surface area contributed by atoms with Gasteiger partial charge in [-0.1, -0.05) is 6.92 Å². The van der Waals surface area contributed by atoms with Gasteiger partial charge < -0.3 is 16.0 Å². The molecule has 2 atom stereocenters. The number of halogens is 1. The Hall–Kier alpha value is -0.810. The minimum absolute atomic E-state index is 0. The molecule has 0 spiro atoms. The third-order valence-electron chi connectivity index (χ3n) is 3.96. The van der Waals surface area contributed by atoms with Gasteiger partial charge in [-0.05, 0) is 65.5 Å². The maximum absolute atomic E-state index is 12.1. The maximum Gasteiger partial charge on any atom is 0.242 e. The van der Waals surface area contributed by atoms with Crippen LogP contribution in [-0.4, -0.2) is 36.5 Å². The topological polar surface area (TPSA) is 70.2 Å². The van der Waals surface area contributed by atoms with Gasteiger partial charge in [0.25, 0.3) is 0 Å². The van der Waals surface area contributed by atoms with Gasteiger partial charge in [0.15, 0.2) is 0 Å². The number of piperidine rings is 1. The molecule has 130 valence electrons. The van der Waals surface area contributed by atoms with Crippen LogP contribution >= 0.6 is 12.4 Å². The maximum atomic E-state index is 12.1. The minimum Gasteiger partial charge on any atom is -0.350 e. The first-order valence-corrected chi connectivity index (χ1v) is 8.01. The number of hydrogen-bond donors (Lipinski definition) is 3. The van der Waals surface area contributed by atoms with Gasteiger partial charge in [0, 0.05) is 12.0 Å². The lowest BCUT2D eigenvalue weighted by molar-refractivity contribution is -0.130. The Balaban J connectivity index is 0.00000441. The summed E-state index contributed by atoms with van der Waals surface area (Å²) in [6.45, 7) is 11.7. The monoisotopic (exact) mass is 333 g/mol. The molecule has 1 fully saturated rings. The van der Waals surface area contributed by atoms with Gasteiger partial charge >= 0.3 is 0 Å². The van der Waals surface area contributed by atoms with Crippen molar-refractivity contribution in [1.29, 1.82) is 0 Å². The van der Waals surface area contributed by atoms with E-state index in [1.165, 1.54) is 0 Å². The zero-order valence-electron chi connectivity index (χ0n) is 14.5. The van der Waals surface area contributed by atoms with Crippen LogP contribution in [0.25, 0.3) is 0 Å². The summed E-state index contributed by atoms with van der Waals surface area (Å²) in [5, 5.41) is 9.02. The average molecular weight is 334 g/mol. The van der Waals surface area contributed by atoms with Gasteiger partial charge in [-0.2, -0.15) is 0 Å². The van der Waals surface area contributed by atoms with Crippen molar-refractivity contribution in [2.24, 2.45) is 11.8 Å². The molecule has 1 rings (SSSR count). The van der Waals surface area contributed by atoms with Crippen LogP contribution in [0.4, 0.5) is 0 Å². The van der Waals surface area contributed by atoms with Gasteiger partial charge in [-0.3, -0.25) is 9.59 Å². The van der Waals surface area contributed by atoms with Crippen LogP contribution in [0.1, 0.15) is 53.9 Å². The summed E-state index contributed by atoms with van der Waals surface area (Å²) < 4.78 is 0. The highest BCUT2D eigenvalue weighted by Crippen LogP contribution is 2.24. The summed E-state index contributed by atoms with van der Waals surface area (Å²) in [5.74, 6) is 0.809. The number of carbonyl (C=O) groups excluding carboxylic acids is 2. The lowest BCUT2D eigenvalue weighted by Crippen LogP contribution is -2.51. The Kier molecular flexibility index (Phi) is 9.01. The van der Waals surface area contributed by atoms with Crippen LogP contribution < -0.4 is 16.0 Å². The van der Waals surface area contributed by atoms with Crippen LogP contribution in [-0.2, 0) is 9.59 Å². The van der Waals surface area contributed by atoms with Crippen LogP contribution in [0.2, 0.25) is 0 Å². The Labute approximate surface area is 140 Å². The van der Waals surface area contributed by atoms with Crippen LogP contribution in [0.3, 0.4) is 0 Å². The zero-order chi connectivity index (χ0) is 16.0. The molecular weight excluding hydrogens is 302 g/mol. The van der Waals surface area contributed by atoms with E-state index in [2.05, 4.69) is 22.9 Å². The fraction of sp³-hybridized carbons (Fsp3) is 0.875. The highest BCUT2D eigenvalue weighted by atomic mass is 35.5. The lowest BCUT2D eigenvalue weighted by atomic mass is 9.84. The van der Waals surface area contributed by atoms with E-state index in [1.807, 2.05) is 20.8 Å². The quantitative estimate of drug-likeness (QED) is 0.719. The average Bonchev–Trinajstić information content (AvgIpc) is 2.37. The summed E-state index contributed by atoms with van der Waals surface area (Å²) in [5.41, 5.74) is -0.279. The molecule has 1 aliphatic rings. The standard InChI is InChI=1S/C16H31N3O2.ClH/c1-11(13-6-8-17-9-7-13)10-14(20)18-12(2)15(21)19-16(3,4)5;/h11-13,17H,6-10H2,1-5H3,(H,18,20)(H,19,21);1H. The molecule has 0 aromatic heterocycles. The molecular formula is C16H32ClN3O2. The van der Waals surface area contributed by atoms with Gasteiger partial charge in [0.05, 0.1) is 0 Å². The molecule has 0 aromatic carbocycles. The van der Waals surface area contributed by atoms with E-state index in [9.17, 15) is 9.59 Å². The van der Waals surface area contributed by atoms with Crippen molar-refractivity contribution in [3.8, 4) is 0 Å². The summed E-state index contributed by atoms with van der Waals surface area (Å²) in [7, 11) is 0. The number of rotatable bonds is 5. The third-order valence-corrected chi connectivity index (χ3v) is 3.96. The first kappa shape index (κ1) is 21.2. The largest absolute Gasteiger partial charge is 0.350 e. The predicted octanol–water partition coefficient (Wildman–Crippen LogP) is 1.85. The van der Waals surface area contributed by atoms with Gasteiger partial charge in [-0.25, -0.2) is 0 Å². The van der Waals surface area contributed by atoms with E-state index in [1.54, 1.807) is 6.92 Å². The predicted molar refractivity (Wildman–Crippen MR) is 92.1 cm³/mol. The van der Waals surface area contributed by atoms with Gasteiger partial charge in [-0.15, -0.1) is 12.4 Å². The molecule has 5 nitrogen and oxygen atoms in total. The normalized spacial score (nSPS) is 18.8. The summed E-state index contributed by atoms with van der Waals surface area (Å²) in [6, 6.07) is -0.489. The zero-order valence-corrected chi connectivity index (χ0v) is 15.3. The van der Waals surface area contributed by atoms with E-state index in [0.29, 0.717) is 18.3 Å². The number of nitrogens with one attached hydrogen (secondary N) is 3. The molecule has 2 amide bonds. The molecule has 1 saturated heterocycles. The molecule has 22 heavy (non-hydrogen) atoms. The summed E-state index contributed by atoms with van der Waals surface area (Å²) >= 11 is 0. The van der Waals surface area contributed by atoms with Gasteiger partial charge in [0.2, 0.25) is 11.8 Å². The Morgan fingerprint density at radius 2 is 1.73 bits per heavy atom. The van der Waals surface area contributed by atoms with Crippen molar-refractivity contribution in [1.82, 2.24) is 16.0 Å². The van der Waals surface area contributed by atoms with Crippen molar-refractivity contribution in [2.75, 3.05) is 13.1 Å². The molecule has 0 aliphatic carbocycles. The number of amides is 2. The number of carbonyl (C=O) groups is 2. The highest BCUT2D eigenvalue weighted by Gasteiger charge is 2.24. The summed E-state index contributed by atoms with van der Waals surface area (Å²) in [6.07, 6.45) is 2.76. The molecule has 1 aliphatic heterocycles. The molecule has 0 radical (unpaired) electrons. The second-order valence-corrected chi connectivity index (χ2v) is 7.30. The molecule has 1 heterocycles. The summed E-state index contributed by atoms with van der Waals surface area (Å²) in [4.78, 5) is 24.0. The Morgan fingerprint density at radius 1 is 1.18 bits per heavy atom. The second kappa shape index (κ2) is 9.36. The molecule has 3 N–H and O–H groups in total. The van der Waals surface area contributed by atoms with Crippen LogP contribution in [0, 0.1) is 11.8 Å². The molecule has 0 aromatic rings. The van der Waals surface area contributed by atoms with Crippen LogP contribution in [0.5, 0.6) is 0 Å². The van der Waals surface area contributed by atoms with E-state index < -0.39 is 6.04 Å². The first-order valence-electron chi connectivity index (χ1n) is 8.01. The van der Waals surface area contributed by atoms with Crippen LogP contribution in [0.15, 0.2) is 0 Å². The third kappa shape index (κ3) is 7.99. The van der Waals surface area contributed by atoms with E-state index in [4.69, 9.17) is 0 Å². The Morgan fingerprint density at radius 3 is 2.23 bits per heavy atom. The van der Waals surface area contributed by atoms with Crippen molar-refractivity contribution in [3.63, 3.8) is 0 Å². The fourth-order valence-electron chi connectivity index (χ4n) is 2.72. The van der Waals surface area contributed by atoms with Crippen molar-refractivity contribution < 1.29 is 9.59 Å².